The van der Waals surface area contributed by atoms with Gasteiger partial charge in [0.2, 0.25) is 0 Å². The van der Waals surface area contributed by atoms with E-state index in [-0.39, 0.29) is 9.77 Å². The zero-order chi connectivity index (χ0) is 15.6. The Hall–Kier alpha value is -1.86. The van der Waals surface area contributed by atoms with Crippen LogP contribution < -0.4 is 4.72 Å². The van der Waals surface area contributed by atoms with Crippen LogP contribution in [-0.4, -0.2) is 21.5 Å². The smallest absolute Gasteiger partial charge is 0.349 e. The molecule has 5 nitrogen and oxygen atoms in total. The Kier molecular flexibility index (Phi) is 4.34. The number of benzene rings is 1. The molecule has 1 N–H and O–H groups in total. The van der Waals surface area contributed by atoms with Crippen molar-refractivity contribution in [2.24, 2.45) is 0 Å². The lowest BCUT2D eigenvalue weighted by atomic mass is 10.1. The average molecular weight is 325 g/mol. The molecule has 0 aliphatic carbocycles. The number of carbonyl (C=O) groups excluding carboxylic acids is 1. The Balaban J connectivity index is 2.45. The molecule has 0 amide bonds. The van der Waals surface area contributed by atoms with Gasteiger partial charge in [-0.2, -0.15) is 0 Å². The van der Waals surface area contributed by atoms with Gasteiger partial charge in [0.1, 0.15) is 9.77 Å². The maximum absolute atomic E-state index is 12.5. The van der Waals surface area contributed by atoms with E-state index in [1.54, 1.807) is 5.38 Å². The minimum atomic E-state index is -3.84. The number of para-hydroxylation sites is 1. The lowest BCUT2D eigenvalue weighted by molar-refractivity contribution is 0.0602. The van der Waals surface area contributed by atoms with Crippen LogP contribution in [0.2, 0.25) is 0 Å². The monoisotopic (exact) mass is 325 g/mol. The molecule has 0 aliphatic rings. The van der Waals surface area contributed by atoms with Gasteiger partial charge in [0.05, 0.1) is 12.8 Å². The first kappa shape index (κ1) is 15.5. The second-order valence-electron chi connectivity index (χ2n) is 4.48. The van der Waals surface area contributed by atoms with Gasteiger partial charge in [0.25, 0.3) is 10.0 Å². The van der Waals surface area contributed by atoms with Crippen LogP contribution in [0.5, 0.6) is 0 Å². The van der Waals surface area contributed by atoms with E-state index in [1.807, 2.05) is 32.0 Å². The highest BCUT2D eigenvalue weighted by Gasteiger charge is 2.25. The molecule has 0 radical (unpaired) electrons. The number of aryl methyl sites for hydroxylation is 2. The average Bonchev–Trinajstić information content (AvgIpc) is 2.92. The highest BCUT2D eigenvalue weighted by Crippen LogP contribution is 2.27. The number of carbonyl (C=O) groups is 1. The van der Waals surface area contributed by atoms with E-state index >= 15 is 0 Å². The van der Waals surface area contributed by atoms with Gasteiger partial charge in [-0.25, -0.2) is 13.2 Å². The predicted octanol–water partition coefficient (Wildman–Crippen LogP) is 2.95. The lowest BCUT2D eigenvalue weighted by Crippen LogP contribution is -2.17. The molecular weight excluding hydrogens is 310 g/mol. The number of ether oxygens (including phenoxy) is 1. The molecule has 1 heterocycles. The standard InChI is InChI=1S/C14H15NO4S2/c1-9-5-4-6-10(2)12(9)15-21(17,18)11-7-8-20-13(11)14(16)19-3/h4-8,15H,1-3H3. The van der Waals surface area contributed by atoms with Gasteiger partial charge < -0.3 is 4.74 Å². The highest BCUT2D eigenvalue weighted by atomic mass is 32.2. The molecule has 0 spiro atoms. The molecule has 2 rings (SSSR count). The number of esters is 1. The van der Waals surface area contributed by atoms with Gasteiger partial charge in [-0.05, 0) is 36.4 Å². The van der Waals surface area contributed by atoms with Gasteiger partial charge in [-0.3, -0.25) is 4.72 Å². The quantitative estimate of drug-likeness (QED) is 0.877. The lowest BCUT2D eigenvalue weighted by Gasteiger charge is -2.13. The Labute approximate surface area is 127 Å². The van der Waals surface area contributed by atoms with E-state index in [0.717, 1.165) is 22.5 Å². The summed E-state index contributed by atoms with van der Waals surface area (Å²) in [5, 5.41) is 1.55. The van der Waals surface area contributed by atoms with Crippen molar-refractivity contribution in [2.75, 3.05) is 11.8 Å². The molecule has 0 unspecified atom stereocenters. The molecule has 1 aromatic heterocycles. The van der Waals surface area contributed by atoms with Crippen molar-refractivity contribution in [1.82, 2.24) is 0 Å². The Morgan fingerprint density at radius 1 is 1.19 bits per heavy atom. The van der Waals surface area contributed by atoms with E-state index in [0.29, 0.717) is 5.69 Å². The first-order chi connectivity index (χ1) is 9.86. The third-order valence-corrected chi connectivity index (χ3v) is 5.42. The summed E-state index contributed by atoms with van der Waals surface area (Å²) in [6.07, 6.45) is 0. The predicted molar refractivity (Wildman–Crippen MR) is 82.4 cm³/mol. The molecule has 0 saturated heterocycles. The van der Waals surface area contributed by atoms with Crippen molar-refractivity contribution in [3.05, 3.63) is 45.6 Å². The van der Waals surface area contributed by atoms with Gasteiger partial charge in [-0.15, -0.1) is 11.3 Å². The van der Waals surface area contributed by atoms with E-state index < -0.39 is 16.0 Å². The summed E-state index contributed by atoms with van der Waals surface area (Å²) in [4.78, 5) is 11.6. The fourth-order valence-electron chi connectivity index (χ4n) is 1.92. The molecular formula is C14H15NO4S2. The van der Waals surface area contributed by atoms with Crippen LogP contribution in [0.1, 0.15) is 20.8 Å². The minimum absolute atomic E-state index is 0.0660. The number of nitrogens with one attached hydrogen (secondary N) is 1. The topological polar surface area (TPSA) is 72.5 Å². The van der Waals surface area contributed by atoms with Crippen molar-refractivity contribution < 1.29 is 17.9 Å². The molecule has 0 fully saturated rings. The van der Waals surface area contributed by atoms with Crippen LogP contribution in [-0.2, 0) is 14.8 Å². The first-order valence-electron chi connectivity index (χ1n) is 6.11. The van der Waals surface area contributed by atoms with Crippen LogP contribution >= 0.6 is 11.3 Å². The van der Waals surface area contributed by atoms with Crippen molar-refractivity contribution >= 4 is 33.0 Å². The number of hydrogen-bond acceptors (Lipinski definition) is 5. The molecule has 21 heavy (non-hydrogen) atoms. The number of thiophene rings is 1. The maximum Gasteiger partial charge on any atom is 0.349 e. The summed E-state index contributed by atoms with van der Waals surface area (Å²) in [6, 6.07) is 6.89. The molecule has 0 atom stereocenters. The molecule has 2 aromatic rings. The first-order valence-corrected chi connectivity index (χ1v) is 8.48. The summed E-state index contributed by atoms with van der Waals surface area (Å²) in [5.41, 5.74) is 2.15. The van der Waals surface area contributed by atoms with E-state index in [1.165, 1.54) is 13.2 Å². The van der Waals surface area contributed by atoms with Crippen molar-refractivity contribution in [2.45, 2.75) is 18.7 Å². The molecule has 7 heteroatoms. The Bertz CT molecular complexity index is 758. The zero-order valence-corrected chi connectivity index (χ0v) is 13.5. The van der Waals surface area contributed by atoms with E-state index in [2.05, 4.69) is 9.46 Å². The molecule has 0 bridgehead atoms. The minimum Gasteiger partial charge on any atom is -0.465 e. The third kappa shape index (κ3) is 3.08. The van der Waals surface area contributed by atoms with Crippen LogP contribution in [0.3, 0.4) is 0 Å². The van der Waals surface area contributed by atoms with Crippen LogP contribution in [0.4, 0.5) is 5.69 Å². The van der Waals surface area contributed by atoms with E-state index in [4.69, 9.17) is 0 Å². The SMILES string of the molecule is COC(=O)c1sccc1S(=O)(=O)Nc1c(C)cccc1C. The largest absolute Gasteiger partial charge is 0.465 e. The summed E-state index contributed by atoms with van der Waals surface area (Å²) >= 11 is 1.03. The highest BCUT2D eigenvalue weighted by molar-refractivity contribution is 7.93. The number of hydrogen-bond donors (Lipinski definition) is 1. The normalized spacial score (nSPS) is 11.2. The summed E-state index contributed by atoms with van der Waals surface area (Å²) in [6.45, 7) is 3.64. The van der Waals surface area contributed by atoms with Crippen LogP contribution in [0.15, 0.2) is 34.5 Å². The zero-order valence-electron chi connectivity index (χ0n) is 11.8. The van der Waals surface area contributed by atoms with Gasteiger partial charge in [0.15, 0.2) is 0 Å². The Morgan fingerprint density at radius 3 is 2.38 bits per heavy atom. The van der Waals surface area contributed by atoms with Crippen molar-refractivity contribution in [3.63, 3.8) is 0 Å². The number of sulfonamides is 1. The van der Waals surface area contributed by atoms with Gasteiger partial charge in [-0.1, -0.05) is 18.2 Å². The van der Waals surface area contributed by atoms with Crippen LogP contribution in [0.25, 0.3) is 0 Å². The summed E-state index contributed by atoms with van der Waals surface area (Å²) < 4.78 is 32.1. The Morgan fingerprint density at radius 2 is 1.81 bits per heavy atom. The second kappa shape index (κ2) is 5.87. The van der Waals surface area contributed by atoms with Gasteiger partial charge in [0, 0.05) is 0 Å². The van der Waals surface area contributed by atoms with Gasteiger partial charge >= 0.3 is 5.97 Å². The fourth-order valence-corrected chi connectivity index (χ4v) is 4.45. The number of anilines is 1. The van der Waals surface area contributed by atoms with Crippen molar-refractivity contribution in [3.8, 4) is 0 Å². The molecule has 1 aromatic carbocycles. The summed E-state index contributed by atoms with van der Waals surface area (Å²) in [7, 11) is -2.62. The maximum atomic E-state index is 12.5. The molecule has 0 saturated carbocycles. The van der Waals surface area contributed by atoms with Crippen LogP contribution in [0, 0.1) is 13.8 Å². The number of methoxy groups -OCH3 is 1. The van der Waals surface area contributed by atoms with Crippen molar-refractivity contribution in [1.29, 1.82) is 0 Å². The molecule has 112 valence electrons. The second-order valence-corrected chi connectivity index (χ2v) is 7.04. The number of rotatable bonds is 4. The fraction of sp³-hybridized carbons (Fsp3) is 0.214. The molecule has 0 aliphatic heterocycles. The summed E-state index contributed by atoms with van der Waals surface area (Å²) in [5.74, 6) is -0.660. The third-order valence-electron chi connectivity index (χ3n) is 3.01. The van der Waals surface area contributed by atoms with E-state index in [9.17, 15) is 13.2 Å².